The molecule has 4 heteroatoms. The Morgan fingerprint density at radius 2 is 1.62 bits per heavy atom. The molecule has 4 nitrogen and oxygen atoms in total. The number of aryl methyl sites for hydroxylation is 2. The molecule has 0 aliphatic heterocycles. The molecule has 0 saturated heterocycles. The monoisotopic (exact) mass is 327 g/mol. The first-order chi connectivity index (χ1) is 11.5. The minimum Gasteiger partial charge on any atom is -0.497 e. The van der Waals surface area contributed by atoms with Gasteiger partial charge in [0.25, 0.3) is 0 Å². The predicted molar refractivity (Wildman–Crippen MR) is 95.7 cm³/mol. The number of likely N-dealkylation sites (N-methyl/N-ethyl adjacent to an activating group) is 1. The molecule has 2 aromatic rings. The molecule has 0 spiro atoms. The fourth-order valence-corrected chi connectivity index (χ4v) is 2.49. The van der Waals surface area contributed by atoms with Crippen molar-refractivity contribution in [3.8, 4) is 11.5 Å². The molecule has 0 radical (unpaired) electrons. The Morgan fingerprint density at radius 3 is 2.21 bits per heavy atom. The fourth-order valence-electron chi connectivity index (χ4n) is 2.49. The van der Waals surface area contributed by atoms with Gasteiger partial charge < -0.3 is 14.4 Å². The summed E-state index contributed by atoms with van der Waals surface area (Å²) >= 11 is 0. The first-order valence-corrected chi connectivity index (χ1v) is 8.06. The van der Waals surface area contributed by atoms with Gasteiger partial charge in [0.05, 0.1) is 20.1 Å². The second kappa shape index (κ2) is 8.39. The van der Waals surface area contributed by atoms with Crippen LogP contribution in [0.25, 0.3) is 0 Å². The molecule has 0 heterocycles. The number of amides is 1. The summed E-state index contributed by atoms with van der Waals surface area (Å²) in [7, 11) is 3.43. The number of carbonyl (C=O) groups is 1. The standard InChI is InChI=1S/C20H25NO3/c1-15-11-16(2)13-19(12-15)24-10-9-21(3)20(22)14-17-5-7-18(23-4)8-6-17/h5-8,11-13H,9-10,14H2,1-4H3. The van der Waals surface area contributed by atoms with E-state index in [9.17, 15) is 4.79 Å². The van der Waals surface area contributed by atoms with E-state index in [-0.39, 0.29) is 5.91 Å². The molecule has 128 valence electrons. The maximum atomic E-state index is 12.3. The Hall–Kier alpha value is -2.49. The van der Waals surface area contributed by atoms with Crippen LogP contribution in [0.3, 0.4) is 0 Å². The van der Waals surface area contributed by atoms with Crippen LogP contribution in [0.1, 0.15) is 16.7 Å². The lowest BCUT2D eigenvalue weighted by Crippen LogP contribution is -2.32. The molecule has 2 aromatic carbocycles. The first-order valence-electron chi connectivity index (χ1n) is 8.06. The summed E-state index contributed by atoms with van der Waals surface area (Å²) in [5.41, 5.74) is 3.32. The second-order valence-corrected chi connectivity index (χ2v) is 6.01. The average molecular weight is 327 g/mol. The van der Waals surface area contributed by atoms with E-state index >= 15 is 0 Å². The number of hydrogen-bond acceptors (Lipinski definition) is 3. The third kappa shape index (κ3) is 5.30. The van der Waals surface area contributed by atoms with E-state index in [1.165, 1.54) is 11.1 Å². The zero-order chi connectivity index (χ0) is 17.5. The van der Waals surface area contributed by atoms with Crippen molar-refractivity contribution in [2.75, 3.05) is 27.3 Å². The lowest BCUT2D eigenvalue weighted by molar-refractivity contribution is -0.129. The van der Waals surface area contributed by atoms with Crippen LogP contribution < -0.4 is 9.47 Å². The Labute approximate surface area is 144 Å². The molecule has 0 bridgehead atoms. The number of methoxy groups -OCH3 is 1. The van der Waals surface area contributed by atoms with Crippen LogP contribution in [0.2, 0.25) is 0 Å². The summed E-state index contributed by atoms with van der Waals surface area (Å²) in [4.78, 5) is 14.0. The zero-order valence-electron chi connectivity index (χ0n) is 14.8. The number of benzene rings is 2. The molecule has 0 N–H and O–H groups in total. The lowest BCUT2D eigenvalue weighted by atomic mass is 10.1. The summed E-state index contributed by atoms with van der Waals surface area (Å²) in [5.74, 6) is 1.72. The van der Waals surface area contributed by atoms with Crippen LogP contribution in [0, 0.1) is 13.8 Å². The molecule has 0 aliphatic carbocycles. The Bertz CT molecular complexity index is 660. The smallest absolute Gasteiger partial charge is 0.226 e. The molecule has 0 unspecified atom stereocenters. The van der Waals surface area contributed by atoms with Crippen LogP contribution in [0.4, 0.5) is 0 Å². The van der Waals surface area contributed by atoms with Gasteiger partial charge in [-0.3, -0.25) is 4.79 Å². The highest BCUT2D eigenvalue weighted by Gasteiger charge is 2.10. The van der Waals surface area contributed by atoms with Crippen LogP contribution in [-0.4, -0.2) is 38.1 Å². The third-order valence-electron chi connectivity index (χ3n) is 3.83. The summed E-state index contributed by atoms with van der Waals surface area (Å²) in [5, 5.41) is 0. The first kappa shape index (κ1) is 17.9. The van der Waals surface area contributed by atoms with E-state index in [1.807, 2.05) is 50.2 Å². The molecular weight excluding hydrogens is 302 g/mol. The van der Waals surface area contributed by atoms with Gasteiger partial charge in [-0.25, -0.2) is 0 Å². The number of nitrogens with zero attached hydrogens (tertiary/aromatic N) is 1. The minimum absolute atomic E-state index is 0.0733. The molecule has 1 amide bonds. The van der Waals surface area contributed by atoms with Gasteiger partial charge in [0, 0.05) is 7.05 Å². The van der Waals surface area contributed by atoms with Gasteiger partial charge >= 0.3 is 0 Å². The third-order valence-corrected chi connectivity index (χ3v) is 3.83. The fraction of sp³-hybridized carbons (Fsp3) is 0.350. The number of rotatable bonds is 7. The summed E-state index contributed by atoms with van der Waals surface area (Å²) in [6.07, 6.45) is 0.379. The molecular formula is C20H25NO3. The largest absolute Gasteiger partial charge is 0.497 e. The van der Waals surface area contributed by atoms with E-state index in [4.69, 9.17) is 9.47 Å². The SMILES string of the molecule is COc1ccc(CC(=O)N(C)CCOc2cc(C)cc(C)c2)cc1. The average Bonchev–Trinajstić information content (AvgIpc) is 2.54. The van der Waals surface area contributed by atoms with Crippen molar-refractivity contribution in [2.45, 2.75) is 20.3 Å². The molecule has 0 aliphatic rings. The minimum atomic E-state index is 0.0733. The Kier molecular flexibility index (Phi) is 6.24. The van der Waals surface area contributed by atoms with Crippen molar-refractivity contribution in [3.63, 3.8) is 0 Å². The highest BCUT2D eigenvalue weighted by molar-refractivity contribution is 5.78. The second-order valence-electron chi connectivity index (χ2n) is 6.01. The van der Waals surface area contributed by atoms with Crippen molar-refractivity contribution in [3.05, 3.63) is 59.2 Å². The van der Waals surface area contributed by atoms with Crippen molar-refractivity contribution in [2.24, 2.45) is 0 Å². The highest BCUT2D eigenvalue weighted by Crippen LogP contribution is 2.16. The quantitative estimate of drug-likeness (QED) is 0.782. The number of hydrogen-bond donors (Lipinski definition) is 0. The molecule has 24 heavy (non-hydrogen) atoms. The normalized spacial score (nSPS) is 10.3. The Balaban J connectivity index is 1.80. The topological polar surface area (TPSA) is 38.8 Å². The van der Waals surface area contributed by atoms with Crippen molar-refractivity contribution in [1.82, 2.24) is 4.90 Å². The maximum Gasteiger partial charge on any atom is 0.226 e. The number of ether oxygens (including phenoxy) is 2. The van der Waals surface area contributed by atoms with E-state index in [0.29, 0.717) is 19.6 Å². The van der Waals surface area contributed by atoms with E-state index in [0.717, 1.165) is 17.1 Å². The van der Waals surface area contributed by atoms with Crippen LogP contribution in [0.5, 0.6) is 11.5 Å². The van der Waals surface area contributed by atoms with Gasteiger partial charge in [-0.05, 0) is 54.8 Å². The van der Waals surface area contributed by atoms with Gasteiger partial charge in [-0.1, -0.05) is 18.2 Å². The van der Waals surface area contributed by atoms with Crippen molar-refractivity contribution >= 4 is 5.91 Å². The summed E-state index contributed by atoms with van der Waals surface area (Å²) in [6.45, 7) is 5.13. The highest BCUT2D eigenvalue weighted by atomic mass is 16.5. The Morgan fingerprint density at radius 1 is 1.00 bits per heavy atom. The van der Waals surface area contributed by atoms with Gasteiger partial charge in [-0.2, -0.15) is 0 Å². The molecule has 0 saturated carbocycles. The number of carbonyl (C=O) groups excluding carboxylic acids is 1. The molecule has 0 aromatic heterocycles. The van der Waals surface area contributed by atoms with Crippen LogP contribution >= 0.6 is 0 Å². The van der Waals surface area contributed by atoms with E-state index in [1.54, 1.807) is 19.1 Å². The molecule has 0 fully saturated rings. The predicted octanol–water partition coefficient (Wildman–Crippen LogP) is 3.39. The van der Waals surface area contributed by atoms with Crippen LogP contribution in [-0.2, 0) is 11.2 Å². The van der Waals surface area contributed by atoms with Gasteiger partial charge in [0.15, 0.2) is 0 Å². The van der Waals surface area contributed by atoms with E-state index < -0.39 is 0 Å². The van der Waals surface area contributed by atoms with Crippen LogP contribution in [0.15, 0.2) is 42.5 Å². The summed E-state index contributed by atoms with van der Waals surface area (Å²) < 4.78 is 10.9. The van der Waals surface area contributed by atoms with Gasteiger partial charge in [0.2, 0.25) is 5.91 Å². The molecule has 0 atom stereocenters. The zero-order valence-corrected chi connectivity index (χ0v) is 14.8. The maximum absolute atomic E-state index is 12.3. The van der Waals surface area contributed by atoms with Crippen molar-refractivity contribution in [1.29, 1.82) is 0 Å². The lowest BCUT2D eigenvalue weighted by Gasteiger charge is -2.18. The van der Waals surface area contributed by atoms with Crippen molar-refractivity contribution < 1.29 is 14.3 Å². The molecule has 2 rings (SSSR count). The van der Waals surface area contributed by atoms with Gasteiger partial charge in [0.1, 0.15) is 18.1 Å². The summed E-state index contributed by atoms with van der Waals surface area (Å²) in [6, 6.07) is 13.7. The van der Waals surface area contributed by atoms with Gasteiger partial charge in [-0.15, -0.1) is 0 Å². The van der Waals surface area contributed by atoms with E-state index in [2.05, 4.69) is 6.07 Å².